The maximum atomic E-state index is 6.47. The molecule has 6 heteroatoms. The number of para-hydroxylation sites is 1. The minimum atomic E-state index is -0.402. The Hall–Kier alpha value is -13.5. The summed E-state index contributed by atoms with van der Waals surface area (Å²) in [5.74, 6) is 0. The van der Waals surface area contributed by atoms with Crippen molar-refractivity contribution in [2.45, 2.75) is 5.41 Å². The summed E-state index contributed by atoms with van der Waals surface area (Å²) in [7, 11) is 0. The fourth-order valence-corrected chi connectivity index (χ4v) is 16.2. The molecule has 0 aliphatic heterocycles. The minimum absolute atomic E-state index is 0.402. The van der Waals surface area contributed by atoms with Crippen LogP contribution in [0.3, 0.4) is 0 Å². The topological polar surface area (TPSA) is 9.72 Å². The van der Waals surface area contributed by atoms with Crippen LogP contribution in [-0.2, 0) is 5.41 Å². The molecule has 19 rings (SSSR count). The first-order valence-corrected chi connectivity index (χ1v) is 39.1. The predicted molar refractivity (Wildman–Crippen MR) is 480 cm³/mol. The highest BCUT2D eigenvalue weighted by molar-refractivity contribution is 6.31. The standard InChI is InChI=1S/C37H26ClN.C36H26ClN.C34H24ClN/c38-29-17-12-20-31(25-29)39(30-18-8-3-9-19-30)32-23-24-36-34(26-32)33-21-10-11-22-35(33)37(36,27-13-4-1-5-14-27)28-15-6-2-7-16-28;37-33-12-7-13-36(26-33)38(34-22-18-31(19-23-34)28-10-5-2-6-11-28)35-24-20-32(21-25-35)30-16-14-29(15-17-30)27-8-3-1-4-9-27;35-31-11-6-12-34(24-31)36(32-19-15-27(16-20-32)25-7-2-1-3-8-25)33-21-17-28(18-22-33)30-14-13-26-9-4-5-10-29(26)23-30/h1-26H;1-26H;1-24H. The van der Waals surface area contributed by atoms with E-state index in [0.29, 0.717) is 15.1 Å². The molecule has 0 saturated carbocycles. The summed E-state index contributed by atoms with van der Waals surface area (Å²) in [6.07, 6.45) is 0. The van der Waals surface area contributed by atoms with Crippen molar-refractivity contribution in [3.63, 3.8) is 0 Å². The summed E-state index contributed by atoms with van der Waals surface area (Å²) < 4.78 is 0. The average Bonchev–Trinajstić information content (AvgIpc) is 1.54. The Morgan fingerprint density at radius 3 is 0.823 bits per heavy atom. The number of anilines is 9. The van der Waals surface area contributed by atoms with Gasteiger partial charge in [-0.25, -0.2) is 0 Å². The Bertz CT molecular complexity index is 6190. The second-order valence-electron chi connectivity index (χ2n) is 28.0. The number of halogens is 3. The zero-order valence-electron chi connectivity index (χ0n) is 61.9. The molecule has 540 valence electrons. The number of benzene rings is 18. The van der Waals surface area contributed by atoms with Crippen LogP contribution in [0.1, 0.15) is 22.3 Å². The van der Waals surface area contributed by atoms with E-state index in [1.807, 2.05) is 78.9 Å². The third-order valence-corrected chi connectivity index (χ3v) is 21.7. The van der Waals surface area contributed by atoms with E-state index in [9.17, 15) is 0 Å². The summed E-state index contributed by atoms with van der Waals surface area (Å²) in [6.45, 7) is 0. The third kappa shape index (κ3) is 15.6. The van der Waals surface area contributed by atoms with Gasteiger partial charge in [-0.05, 0) is 233 Å². The van der Waals surface area contributed by atoms with Gasteiger partial charge in [0.1, 0.15) is 0 Å². The SMILES string of the molecule is Clc1cccc(N(c2ccc(-c3ccccc3)cc2)c2ccc(-c3ccc(-c4ccccc4)cc3)cc2)c1.Clc1cccc(N(c2ccc(-c3ccccc3)cc2)c2ccc(-c3ccc4ccccc4c3)cc2)c1.Clc1cccc(N(c2ccccc2)c2ccc3c(c2)-c2ccccc2C3(c2ccccc2)c2ccccc2)c1. The fraction of sp³-hybridized carbons (Fsp3) is 0.00935. The van der Waals surface area contributed by atoms with Gasteiger partial charge in [0.25, 0.3) is 0 Å². The van der Waals surface area contributed by atoms with E-state index in [4.69, 9.17) is 34.8 Å². The average molecular weight is 1510 g/mol. The number of fused-ring (bicyclic) bond motifs is 4. The number of hydrogen-bond acceptors (Lipinski definition) is 3. The van der Waals surface area contributed by atoms with Crippen molar-refractivity contribution in [2.75, 3.05) is 14.7 Å². The quantitative estimate of drug-likeness (QED) is 0.0955. The van der Waals surface area contributed by atoms with E-state index in [1.54, 1.807) is 0 Å². The number of hydrogen-bond donors (Lipinski definition) is 0. The maximum Gasteiger partial charge on any atom is 0.0713 e. The van der Waals surface area contributed by atoms with E-state index in [1.165, 1.54) is 99.8 Å². The maximum absolute atomic E-state index is 6.47. The molecule has 18 aromatic rings. The Kier molecular flexibility index (Phi) is 21.4. The van der Waals surface area contributed by atoms with Gasteiger partial charge in [0, 0.05) is 66.3 Å². The molecule has 1 aliphatic carbocycles. The van der Waals surface area contributed by atoms with Gasteiger partial charge in [-0.3, -0.25) is 0 Å². The van der Waals surface area contributed by atoms with Crippen LogP contribution in [0.5, 0.6) is 0 Å². The van der Waals surface area contributed by atoms with Crippen LogP contribution in [0.15, 0.2) is 461 Å². The molecular weight excluding hydrogens is 1430 g/mol. The lowest BCUT2D eigenvalue weighted by Crippen LogP contribution is -2.28. The van der Waals surface area contributed by atoms with Crippen molar-refractivity contribution in [1.82, 2.24) is 0 Å². The van der Waals surface area contributed by atoms with Gasteiger partial charge in [-0.1, -0.05) is 362 Å². The Balaban J connectivity index is 0.000000123. The summed E-state index contributed by atoms with van der Waals surface area (Å²) >= 11 is 19.3. The molecule has 113 heavy (non-hydrogen) atoms. The van der Waals surface area contributed by atoms with Crippen LogP contribution < -0.4 is 14.7 Å². The molecule has 0 fully saturated rings. The van der Waals surface area contributed by atoms with Crippen molar-refractivity contribution >= 4 is 96.8 Å². The van der Waals surface area contributed by atoms with Gasteiger partial charge >= 0.3 is 0 Å². The molecule has 3 nitrogen and oxygen atoms in total. The second kappa shape index (κ2) is 33.4. The predicted octanol–water partition coefficient (Wildman–Crippen LogP) is 31.3. The van der Waals surface area contributed by atoms with Crippen LogP contribution in [0.2, 0.25) is 15.1 Å². The van der Waals surface area contributed by atoms with Crippen molar-refractivity contribution < 1.29 is 0 Å². The van der Waals surface area contributed by atoms with Crippen molar-refractivity contribution in [2.24, 2.45) is 0 Å². The lowest BCUT2D eigenvalue weighted by Gasteiger charge is -2.34. The van der Waals surface area contributed by atoms with Crippen LogP contribution in [0, 0.1) is 0 Å². The van der Waals surface area contributed by atoms with Crippen LogP contribution in [-0.4, -0.2) is 0 Å². The molecule has 0 N–H and O–H groups in total. The zero-order chi connectivity index (χ0) is 76.3. The summed E-state index contributed by atoms with van der Waals surface area (Å²) in [5.41, 5.74) is 28.8. The molecule has 0 saturated heterocycles. The van der Waals surface area contributed by atoms with Crippen LogP contribution in [0.25, 0.3) is 77.5 Å². The smallest absolute Gasteiger partial charge is 0.0713 e. The summed E-state index contributed by atoms with van der Waals surface area (Å²) in [6, 6.07) is 162. The molecule has 18 aromatic carbocycles. The first kappa shape index (κ1) is 72.4. The molecule has 0 unspecified atom stereocenters. The minimum Gasteiger partial charge on any atom is -0.310 e. The Labute approximate surface area is 677 Å². The molecule has 0 atom stereocenters. The Morgan fingerprint density at radius 2 is 0.425 bits per heavy atom. The Morgan fingerprint density at radius 1 is 0.159 bits per heavy atom. The normalized spacial score (nSPS) is 11.6. The lowest BCUT2D eigenvalue weighted by atomic mass is 9.68. The van der Waals surface area contributed by atoms with Gasteiger partial charge < -0.3 is 14.7 Å². The van der Waals surface area contributed by atoms with Gasteiger partial charge in [-0.15, -0.1) is 0 Å². The molecule has 0 spiro atoms. The second-order valence-corrected chi connectivity index (χ2v) is 29.3. The molecule has 0 amide bonds. The van der Waals surface area contributed by atoms with Gasteiger partial charge in [0.05, 0.1) is 5.41 Å². The van der Waals surface area contributed by atoms with Crippen LogP contribution in [0.4, 0.5) is 51.2 Å². The zero-order valence-corrected chi connectivity index (χ0v) is 64.1. The third-order valence-electron chi connectivity index (χ3n) is 21.0. The first-order chi connectivity index (χ1) is 55.7. The first-order valence-electron chi connectivity index (χ1n) is 38.0. The molecule has 1 aliphatic rings. The number of nitrogens with zero attached hydrogens (tertiary/aromatic N) is 3. The molecule has 0 bridgehead atoms. The van der Waals surface area contributed by atoms with Crippen molar-refractivity contribution in [3.8, 4) is 66.8 Å². The van der Waals surface area contributed by atoms with E-state index >= 15 is 0 Å². The largest absolute Gasteiger partial charge is 0.310 e. The van der Waals surface area contributed by atoms with Crippen LogP contribution >= 0.6 is 34.8 Å². The fourth-order valence-electron chi connectivity index (χ4n) is 15.7. The van der Waals surface area contributed by atoms with Gasteiger partial charge in [0.15, 0.2) is 0 Å². The van der Waals surface area contributed by atoms with E-state index < -0.39 is 5.41 Å². The monoisotopic (exact) mass is 1510 g/mol. The van der Waals surface area contributed by atoms with E-state index in [2.05, 4.69) is 397 Å². The van der Waals surface area contributed by atoms with Crippen molar-refractivity contribution in [1.29, 1.82) is 0 Å². The van der Waals surface area contributed by atoms with E-state index in [0.717, 1.165) is 51.2 Å². The van der Waals surface area contributed by atoms with Crippen molar-refractivity contribution in [3.05, 3.63) is 498 Å². The summed E-state index contributed by atoms with van der Waals surface area (Å²) in [4.78, 5) is 6.76. The summed E-state index contributed by atoms with van der Waals surface area (Å²) in [5, 5.41) is 4.64. The molecule has 0 aromatic heterocycles. The van der Waals surface area contributed by atoms with E-state index in [-0.39, 0.29) is 0 Å². The highest BCUT2D eigenvalue weighted by Crippen LogP contribution is 2.57. The van der Waals surface area contributed by atoms with Gasteiger partial charge in [-0.2, -0.15) is 0 Å². The highest BCUT2D eigenvalue weighted by Gasteiger charge is 2.46. The molecular formula is C107H76Cl3N3. The number of rotatable bonds is 16. The molecule has 0 heterocycles. The molecule has 0 radical (unpaired) electrons. The highest BCUT2D eigenvalue weighted by atomic mass is 35.5. The lowest BCUT2D eigenvalue weighted by molar-refractivity contribution is 0.768. The van der Waals surface area contributed by atoms with Gasteiger partial charge in [0.2, 0.25) is 0 Å².